The zero-order valence-electron chi connectivity index (χ0n) is 14.0. The number of esters is 2. The molecule has 0 saturated heterocycles. The highest BCUT2D eigenvalue weighted by Crippen LogP contribution is 2.18. The second-order valence-corrected chi connectivity index (χ2v) is 6.37. The molecule has 1 aromatic carbocycles. The summed E-state index contributed by atoms with van der Waals surface area (Å²) in [6.07, 6.45) is 3.08. The molecule has 1 heterocycles. The molecule has 0 aliphatic rings. The van der Waals surface area contributed by atoms with Crippen molar-refractivity contribution in [1.82, 2.24) is 0 Å². The monoisotopic (exact) mass is 359 g/mol. The van der Waals surface area contributed by atoms with Gasteiger partial charge in [-0.25, -0.2) is 9.59 Å². The van der Waals surface area contributed by atoms with E-state index < -0.39 is 11.9 Å². The standard InChI is InChI=1S/C18H17NO5S/c1-11-4-5-15(25-11)6-7-16(20)19-14-9-12(17(21)23-2)8-13(10-14)18(22)24-3/h4-10H,1-3H3,(H,19,20)/b7-6+. The largest absolute Gasteiger partial charge is 0.465 e. The molecule has 0 aliphatic heterocycles. The maximum Gasteiger partial charge on any atom is 0.337 e. The molecule has 0 aliphatic carbocycles. The SMILES string of the molecule is COC(=O)c1cc(NC(=O)/C=C/c2ccc(C)s2)cc(C(=O)OC)c1. The number of hydrogen-bond acceptors (Lipinski definition) is 6. The Morgan fingerprint density at radius 2 is 1.60 bits per heavy atom. The number of aryl methyl sites for hydroxylation is 1. The van der Waals surface area contributed by atoms with Gasteiger partial charge in [-0.15, -0.1) is 11.3 Å². The third kappa shape index (κ3) is 5.02. The van der Waals surface area contributed by atoms with Crippen molar-refractivity contribution in [3.8, 4) is 0 Å². The van der Waals surface area contributed by atoms with Crippen LogP contribution < -0.4 is 5.32 Å². The normalized spacial score (nSPS) is 10.5. The zero-order chi connectivity index (χ0) is 18.4. The molecule has 0 radical (unpaired) electrons. The van der Waals surface area contributed by atoms with E-state index in [2.05, 4.69) is 14.8 Å². The highest BCUT2D eigenvalue weighted by Gasteiger charge is 2.14. The highest BCUT2D eigenvalue weighted by molar-refractivity contribution is 7.12. The van der Waals surface area contributed by atoms with Gasteiger partial charge in [0.1, 0.15) is 0 Å². The summed E-state index contributed by atoms with van der Waals surface area (Å²) in [6, 6.07) is 8.08. The molecule has 25 heavy (non-hydrogen) atoms. The molecule has 6 nitrogen and oxygen atoms in total. The smallest absolute Gasteiger partial charge is 0.337 e. The summed E-state index contributed by atoms with van der Waals surface area (Å²) < 4.78 is 9.31. The van der Waals surface area contributed by atoms with Crippen LogP contribution in [0.25, 0.3) is 6.08 Å². The van der Waals surface area contributed by atoms with Gasteiger partial charge in [0.05, 0.1) is 25.3 Å². The van der Waals surface area contributed by atoms with Crippen LogP contribution in [0.5, 0.6) is 0 Å². The van der Waals surface area contributed by atoms with E-state index in [1.165, 1.54) is 38.5 Å². The predicted molar refractivity (Wildman–Crippen MR) is 95.8 cm³/mol. The van der Waals surface area contributed by atoms with E-state index in [1.807, 2.05) is 19.1 Å². The first-order chi connectivity index (χ1) is 11.9. The van der Waals surface area contributed by atoms with Gasteiger partial charge in [-0.05, 0) is 43.3 Å². The lowest BCUT2D eigenvalue weighted by Gasteiger charge is -2.08. The van der Waals surface area contributed by atoms with Gasteiger partial charge >= 0.3 is 11.9 Å². The topological polar surface area (TPSA) is 81.7 Å². The highest BCUT2D eigenvalue weighted by atomic mass is 32.1. The number of rotatable bonds is 5. The molecule has 2 rings (SSSR count). The third-order valence-corrected chi connectivity index (χ3v) is 4.17. The molecule has 130 valence electrons. The first kappa shape index (κ1) is 18.4. The minimum Gasteiger partial charge on any atom is -0.465 e. The van der Waals surface area contributed by atoms with Crippen LogP contribution in [-0.4, -0.2) is 32.1 Å². The van der Waals surface area contributed by atoms with Crippen molar-refractivity contribution >= 4 is 40.9 Å². The molecule has 0 spiro atoms. The molecule has 0 saturated carbocycles. The lowest BCUT2D eigenvalue weighted by Crippen LogP contribution is -2.12. The fourth-order valence-electron chi connectivity index (χ4n) is 2.06. The number of ether oxygens (including phenoxy) is 2. The Balaban J connectivity index is 2.22. The summed E-state index contributed by atoms with van der Waals surface area (Å²) in [5, 5.41) is 2.62. The van der Waals surface area contributed by atoms with E-state index in [0.29, 0.717) is 5.69 Å². The van der Waals surface area contributed by atoms with Crippen LogP contribution in [0.3, 0.4) is 0 Å². The maximum atomic E-state index is 12.1. The van der Waals surface area contributed by atoms with Gasteiger partial charge in [0, 0.05) is 21.5 Å². The first-order valence-corrected chi connectivity index (χ1v) is 8.12. The number of amides is 1. The fraction of sp³-hybridized carbons (Fsp3) is 0.167. The quantitative estimate of drug-likeness (QED) is 0.654. The van der Waals surface area contributed by atoms with Crippen molar-refractivity contribution in [2.24, 2.45) is 0 Å². The van der Waals surface area contributed by atoms with Crippen molar-refractivity contribution in [2.45, 2.75) is 6.92 Å². The molecule has 1 aromatic heterocycles. The molecule has 0 bridgehead atoms. The Bertz CT molecular complexity index is 803. The van der Waals surface area contributed by atoms with Crippen LogP contribution in [0.4, 0.5) is 5.69 Å². The van der Waals surface area contributed by atoms with Crippen LogP contribution in [0.1, 0.15) is 30.5 Å². The van der Waals surface area contributed by atoms with Crippen molar-refractivity contribution < 1.29 is 23.9 Å². The van der Waals surface area contributed by atoms with E-state index in [-0.39, 0.29) is 17.0 Å². The Morgan fingerprint density at radius 3 is 2.08 bits per heavy atom. The number of carbonyl (C=O) groups is 3. The predicted octanol–water partition coefficient (Wildman–Crippen LogP) is 3.28. The van der Waals surface area contributed by atoms with E-state index in [1.54, 1.807) is 17.4 Å². The molecule has 1 N–H and O–H groups in total. The second kappa shape index (κ2) is 8.25. The summed E-state index contributed by atoms with van der Waals surface area (Å²) in [6.45, 7) is 1.98. The van der Waals surface area contributed by atoms with Crippen molar-refractivity contribution in [3.63, 3.8) is 0 Å². The number of thiophene rings is 1. The summed E-state index contributed by atoms with van der Waals surface area (Å²) in [7, 11) is 2.47. The third-order valence-electron chi connectivity index (χ3n) is 3.20. The lowest BCUT2D eigenvalue weighted by molar-refractivity contribution is -0.111. The zero-order valence-corrected chi connectivity index (χ0v) is 14.8. The number of hydrogen-bond donors (Lipinski definition) is 1. The van der Waals surface area contributed by atoms with Crippen LogP contribution in [0.15, 0.2) is 36.4 Å². The lowest BCUT2D eigenvalue weighted by atomic mass is 10.1. The van der Waals surface area contributed by atoms with Gasteiger partial charge in [0.2, 0.25) is 5.91 Å². The molecule has 0 unspecified atom stereocenters. The first-order valence-electron chi connectivity index (χ1n) is 7.30. The molecule has 1 amide bonds. The molecular weight excluding hydrogens is 342 g/mol. The Kier molecular flexibility index (Phi) is 6.08. The Labute approximate surface area is 149 Å². The van der Waals surface area contributed by atoms with Gasteiger partial charge in [0.15, 0.2) is 0 Å². The number of methoxy groups -OCH3 is 2. The van der Waals surface area contributed by atoms with Crippen LogP contribution in [-0.2, 0) is 14.3 Å². The average Bonchev–Trinajstić information content (AvgIpc) is 3.03. The molecule has 2 aromatic rings. The van der Waals surface area contributed by atoms with Crippen molar-refractivity contribution in [1.29, 1.82) is 0 Å². The summed E-state index contributed by atoms with van der Waals surface area (Å²) in [5.74, 6) is -1.62. The Hall–Kier alpha value is -2.93. The number of benzene rings is 1. The van der Waals surface area contributed by atoms with E-state index >= 15 is 0 Å². The van der Waals surface area contributed by atoms with Crippen LogP contribution in [0.2, 0.25) is 0 Å². The minimum absolute atomic E-state index is 0.138. The average molecular weight is 359 g/mol. The summed E-state index contributed by atoms with van der Waals surface area (Å²) in [5.41, 5.74) is 0.567. The van der Waals surface area contributed by atoms with E-state index in [4.69, 9.17) is 0 Å². The number of carbonyl (C=O) groups excluding carboxylic acids is 3. The van der Waals surface area contributed by atoms with Gasteiger partial charge in [0.25, 0.3) is 0 Å². The summed E-state index contributed by atoms with van der Waals surface area (Å²) in [4.78, 5) is 37.6. The minimum atomic E-state index is -0.620. The van der Waals surface area contributed by atoms with Crippen LogP contribution in [0, 0.1) is 6.92 Å². The number of anilines is 1. The fourth-order valence-corrected chi connectivity index (χ4v) is 2.84. The Morgan fingerprint density at radius 1 is 1.00 bits per heavy atom. The van der Waals surface area contributed by atoms with Gasteiger partial charge in [-0.1, -0.05) is 0 Å². The second-order valence-electron chi connectivity index (χ2n) is 5.05. The molecule has 0 atom stereocenters. The number of nitrogens with one attached hydrogen (secondary N) is 1. The van der Waals surface area contributed by atoms with E-state index in [0.717, 1.165) is 9.75 Å². The molecule has 0 fully saturated rings. The van der Waals surface area contributed by atoms with Gasteiger partial charge < -0.3 is 14.8 Å². The van der Waals surface area contributed by atoms with Gasteiger partial charge in [-0.2, -0.15) is 0 Å². The molecular formula is C18H17NO5S. The van der Waals surface area contributed by atoms with Gasteiger partial charge in [-0.3, -0.25) is 4.79 Å². The molecule has 7 heteroatoms. The van der Waals surface area contributed by atoms with E-state index in [9.17, 15) is 14.4 Å². The summed E-state index contributed by atoms with van der Waals surface area (Å²) >= 11 is 1.57. The van der Waals surface area contributed by atoms with Crippen molar-refractivity contribution in [2.75, 3.05) is 19.5 Å². The van der Waals surface area contributed by atoms with Crippen LogP contribution >= 0.6 is 11.3 Å². The van der Waals surface area contributed by atoms with Crippen molar-refractivity contribution in [3.05, 3.63) is 57.3 Å². The maximum absolute atomic E-state index is 12.1.